The van der Waals surface area contributed by atoms with Crippen molar-refractivity contribution in [2.24, 2.45) is 5.92 Å². The van der Waals surface area contributed by atoms with E-state index in [-0.39, 0.29) is 11.9 Å². The predicted octanol–water partition coefficient (Wildman–Crippen LogP) is 4.71. The zero-order valence-electron chi connectivity index (χ0n) is 19.3. The van der Waals surface area contributed by atoms with Gasteiger partial charge in [-0.3, -0.25) is 19.8 Å². The molecule has 6 heteroatoms. The normalized spacial score (nSPS) is 25.9. The Morgan fingerprint density at radius 1 is 1.09 bits per heavy atom. The Morgan fingerprint density at radius 3 is 2.48 bits per heavy atom. The van der Waals surface area contributed by atoms with E-state index in [4.69, 9.17) is 10.5 Å². The third kappa shape index (κ3) is 3.43. The minimum atomic E-state index is -0.742. The maximum absolute atomic E-state index is 13.5. The van der Waals surface area contributed by atoms with Gasteiger partial charge in [-0.1, -0.05) is 42.8 Å². The van der Waals surface area contributed by atoms with Gasteiger partial charge in [0, 0.05) is 25.2 Å². The highest BCUT2D eigenvalue weighted by Crippen LogP contribution is 2.44. The van der Waals surface area contributed by atoms with Crippen molar-refractivity contribution < 1.29 is 4.79 Å². The van der Waals surface area contributed by atoms with Crippen LogP contribution in [0.3, 0.4) is 0 Å². The van der Waals surface area contributed by atoms with E-state index in [0.717, 1.165) is 34.5 Å². The standard InChI is InChI=1S/C27H31N5O/c1-27(22-13-12-21-16-32(30-23(21)14-22)15-17-4-3-5-17)24(25(33)31(2)26(28)29-27)20-10-8-19(9-11-20)18-6-7-18/h8-14,16-18,24H,3-7,15H2,1-2H3,(H2,28,29)/t24-,27-/m1/s1. The van der Waals surface area contributed by atoms with Crippen LogP contribution in [-0.4, -0.2) is 33.6 Å². The lowest BCUT2D eigenvalue weighted by molar-refractivity contribution is -0.131. The van der Waals surface area contributed by atoms with Crippen LogP contribution in [0.4, 0.5) is 0 Å². The summed E-state index contributed by atoms with van der Waals surface area (Å²) < 4.78 is 2.07. The first-order valence-electron chi connectivity index (χ1n) is 12.1. The Balaban J connectivity index is 1.39. The SMILES string of the molecule is CN1C(=N)N[C@](C)(c2ccc3cn(CC4CCC4)nc3c2)[C@H](c2ccc(C3CC3)cc2)C1=O. The monoisotopic (exact) mass is 441 g/mol. The van der Waals surface area contributed by atoms with Crippen molar-refractivity contribution in [3.63, 3.8) is 0 Å². The first kappa shape index (κ1) is 20.5. The molecule has 1 amide bonds. The summed E-state index contributed by atoms with van der Waals surface area (Å²) in [5, 5.41) is 17.8. The molecule has 3 aromatic rings. The van der Waals surface area contributed by atoms with Gasteiger partial charge in [-0.15, -0.1) is 0 Å². The maximum atomic E-state index is 13.5. The molecule has 0 spiro atoms. The maximum Gasteiger partial charge on any atom is 0.239 e. The Kier molecular flexibility index (Phi) is 4.61. The fraction of sp³-hybridized carbons (Fsp3) is 0.444. The summed E-state index contributed by atoms with van der Waals surface area (Å²) in [5.41, 5.74) is 3.51. The molecule has 0 radical (unpaired) electrons. The zero-order chi connectivity index (χ0) is 22.7. The van der Waals surface area contributed by atoms with Crippen molar-refractivity contribution in [1.82, 2.24) is 20.0 Å². The highest BCUT2D eigenvalue weighted by atomic mass is 16.2. The number of benzene rings is 2. The van der Waals surface area contributed by atoms with Crippen molar-refractivity contribution in [2.45, 2.75) is 62.9 Å². The van der Waals surface area contributed by atoms with E-state index in [2.05, 4.69) is 58.7 Å². The van der Waals surface area contributed by atoms with Gasteiger partial charge in [-0.05, 0) is 67.2 Å². The average molecular weight is 442 g/mol. The summed E-state index contributed by atoms with van der Waals surface area (Å²) in [4.78, 5) is 14.9. The summed E-state index contributed by atoms with van der Waals surface area (Å²) in [7, 11) is 1.67. The van der Waals surface area contributed by atoms with Crippen LogP contribution in [0.25, 0.3) is 10.9 Å². The minimum Gasteiger partial charge on any atom is -0.346 e. The van der Waals surface area contributed by atoms with Gasteiger partial charge in [-0.2, -0.15) is 5.10 Å². The van der Waals surface area contributed by atoms with Crippen LogP contribution in [0.2, 0.25) is 0 Å². The first-order chi connectivity index (χ1) is 15.9. The summed E-state index contributed by atoms with van der Waals surface area (Å²) in [6.07, 6.45) is 8.56. The van der Waals surface area contributed by atoms with Crippen molar-refractivity contribution >= 4 is 22.8 Å². The van der Waals surface area contributed by atoms with Crippen molar-refractivity contribution in [2.75, 3.05) is 7.05 Å². The Morgan fingerprint density at radius 2 is 1.82 bits per heavy atom. The third-order valence-corrected chi connectivity index (χ3v) is 8.01. The van der Waals surface area contributed by atoms with Gasteiger partial charge in [0.05, 0.1) is 17.0 Å². The number of nitrogens with one attached hydrogen (secondary N) is 2. The van der Waals surface area contributed by atoms with Gasteiger partial charge in [0.1, 0.15) is 0 Å². The Labute approximate surface area is 194 Å². The number of guanidine groups is 1. The molecular formula is C27H31N5O. The van der Waals surface area contributed by atoms with E-state index in [1.165, 1.54) is 42.6 Å². The van der Waals surface area contributed by atoms with Gasteiger partial charge in [0.15, 0.2) is 5.96 Å². The molecule has 2 heterocycles. The molecule has 3 fully saturated rings. The van der Waals surface area contributed by atoms with E-state index < -0.39 is 11.5 Å². The second kappa shape index (κ2) is 7.44. The largest absolute Gasteiger partial charge is 0.346 e. The predicted molar refractivity (Wildman–Crippen MR) is 129 cm³/mol. The van der Waals surface area contributed by atoms with Crippen LogP contribution < -0.4 is 5.32 Å². The van der Waals surface area contributed by atoms with E-state index in [0.29, 0.717) is 5.92 Å². The van der Waals surface area contributed by atoms with Crippen LogP contribution >= 0.6 is 0 Å². The van der Waals surface area contributed by atoms with Crippen LogP contribution in [0.15, 0.2) is 48.7 Å². The lowest BCUT2D eigenvalue weighted by Crippen LogP contribution is -2.62. The number of fused-ring (bicyclic) bond motifs is 1. The molecule has 2 N–H and O–H groups in total. The van der Waals surface area contributed by atoms with Crippen molar-refractivity contribution in [1.29, 1.82) is 5.41 Å². The van der Waals surface area contributed by atoms with E-state index in [1.807, 2.05) is 6.92 Å². The number of hydrogen-bond donors (Lipinski definition) is 2. The van der Waals surface area contributed by atoms with Crippen LogP contribution in [-0.2, 0) is 16.9 Å². The topological polar surface area (TPSA) is 74.0 Å². The number of carbonyl (C=O) groups is 1. The molecule has 3 aliphatic rings. The van der Waals surface area contributed by atoms with Crippen LogP contribution in [0.5, 0.6) is 0 Å². The minimum absolute atomic E-state index is 0.0592. The molecular weight excluding hydrogens is 410 g/mol. The first-order valence-corrected chi connectivity index (χ1v) is 12.1. The number of nitrogens with zero attached hydrogens (tertiary/aromatic N) is 3. The molecule has 6 rings (SSSR count). The molecule has 1 saturated heterocycles. The van der Waals surface area contributed by atoms with Crippen molar-refractivity contribution in [3.05, 3.63) is 65.4 Å². The third-order valence-electron chi connectivity index (χ3n) is 8.01. The lowest BCUT2D eigenvalue weighted by atomic mass is 9.73. The van der Waals surface area contributed by atoms with Gasteiger partial charge in [0.25, 0.3) is 0 Å². The lowest BCUT2D eigenvalue weighted by Gasteiger charge is -2.46. The summed E-state index contributed by atoms with van der Waals surface area (Å²) in [6, 6.07) is 14.8. The number of likely N-dealkylation sites (N-methyl/N-ethyl adjacent to an activating group) is 1. The molecule has 2 atom stereocenters. The molecule has 1 aliphatic heterocycles. The quantitative estimate of drug-likeness (QED) is 0.602. The Bertz CT molecular complexity index is 1240. The highest BCUT2D eigenvalue weighted by Gasteiger charge is 2.48. The van der Waals surface area contributed by atoms with E-state index in [9.17, 15) is 4.79 Å². The average Bonchev–Trinajstić information content (AvgIpc) is 3.54. The highest BCUT2D eigenvalue weighted by molar-refractivity contribution is 6.02. The van der Waals surface area contributed by atoms with Gasteiger partial charge >= 0.3 is 0 Å². The second-order valence-corrected chi connectivity index (χ2v) is 10.4. The second-order valence-electron chi connectivity index (χ2n) is 10.4. The summed E-state index contributed by atoms with van der Waals surface area (Å²) in [5.74, 6) is 1.06. The summed E-state index contributed by atoms with van der Waals surface area (Å²) in [6.45, 7) is 3.02. The molecule has 2 aromatic carbocycles. The molecule has 33 heavy (non-hydrogen) atoms. The number of hydrogen-bond acceptors (Lipinski definition) is 3. The van der Waals surface area contributed by atoms with Gasteiger partial charge in [0.2, 0.25) is 5.91 Å². The number of amides is 1. The number of aromatic nitrogens is 2. The van der Waals surface area contributed by atoms with Gasteiger partial charge < -0.3 is 5.32 Å². The molecule has 2 saturated carbocycles. The van der Waals surface area contributed by atoms with Crippen molar-refractivity contribution in [3.8, 4) is 0 Å². The van der Waals surface area contributed by atoms with E-state index >= 15 is 0 Å². The number of carbonyl (C=O) groups excluding carboxylic acids is 1. The van der Waals surface area contributed by atoms with E-state index in [1.54, 1.807) is 7.05 Å². The fourth-order valence-electron chi connectivity index (χ4n) is 5.47. The molecule has 1 aromatic heterocycles. The smallest absolute Gasteiger partial charge is 0.239 e. The van der Waals surface area contributed by atoms with Crippen LogP contribution in [0, 0.1) is 11.3 Å². The fourth-order valence-corrected chi connectivity index (χ4v) is 5.47. The molecule has 2 aliphatic carbocycles. The number of rotatable bonds is 5. The zero-order valence-corrected chi connectivity index (χ0v) is 19.3. The molecule has 0 unspecified atom stereocenters. The van der Waals surface area contributed by atoms with Crippen LogP contribution in [0.1, 0.15) is 67.6 Å². The Hall–Kier alpha value is -3.15. The summed E-state index contributed by atoms with van der Waals surface area (Å²) >= 11 is 0. The molecule has 170 valence electrons. The van der Waals surface area contributed by atoms with Gasteiger partial charge in [-0.25, -0.2) is 0 Å². The molecule has 6 nitrogen and oxygen atoms in total. The molecule has 0 bridgehead atoms.